The number of ether oxygens (including phenoxy) is 1. The third-order valence-corrected chi connectivity index (χ3v) is 6.95. The van der Waals surface area contributed by atoms with Crippen LogP contribution in [0.3, 0.4) is 0 Å². The van der Waals surface area contributed by atoms with Crippen molar-refractivity contribution in [3.05, 3.63) is 41.3 Å². The fourth-order valence-electron chi connectivity index (χ4n) is 4.60. The molecule has 1 aliphatic heterocycles. The molecule has 0 spiro atoms. The number of aromatic nitrogens is 2. The predicted molar refractivity (Wildman–Crippen MR) is 109 cm³/mol. The first kappa shape index (κ1) is 18.9. The highest BCUT2D eigenvalue weighted by atomic mass is 16.5. The first-order valence-corrected chi connectivity index (χ1v) is 10.00. The number of nitrogens with one attached hydrogen (secondary N) is 1. The van der Waals surface area contributed by atoms with Crippen LogP contribution >= 0.6 is 0 Å². The first-order valence-electron chi connectivity index (χ1n) is 10.00. The van der Waals surface area contributed by atoms with E-state index in [4.69, 9.17) is 4.74 Å². The molecule has 148 valence electrons. The zero-order valence-electron chi connectivity index (χ0n) is 17.6. The number of fused-ring (bicyclic) bond motifs is 1. The maximum Gasteiger partial charge on any atom is 0.224 e. The summed E-state index contributed by atoms with van der Waals surface area (Å²) in [4.78, 5) is 21.8. The molecule has 1 aliphatic carbocycles. The molecular formula is C23H29N3O2. The van der Waals surface area contributed by atoms with E-state index in [1.807, 2.05) is 26.0 Å². The Bertz CT molecular complexity index is 935. The molecule has 1 saturated carbocycles. The number of rotatable bonds is 4. The van der Waals surface area contributed by atoms with E-state index in [2.05, 4.69) is 49.0 Å². The molecule has 5 heteroatoms. The van der Waals surface area contributed by atoms with Crippen LogP contribution in [0, 0.1) is 30.6 Å². The summed E-state index contributed by atoms with van der Waals surface area (Å²) in [6.07, 6.45) is 2.52. The molecule has 0 radical (unpaired) electrons. The SMILES string of the molecule is Cc1cnc(C)c(-c2cccc3c2O[C@@H](CNC(=O)C2C(C)(C)C2(C)C)C3)n1. The molecule has 2 aliphatic rings. The minimum absolute atomic E-state index is 0.0467. The van der Waals surface area contributed by atoms with Gasteiger partial charge in [-0.25, -0.2) is 4.98 Å². The van der Waals surface area contributed by atoms with Gasteiger partial charge in [-0.3, -0.25) is 9.78 Å². The van der Waals surface area contributed by atoms with Crippen molar-refractivity contribution >= 4 is 5.91 Å². The highest BCUT2D eigenvalue weighted by Crippen LogP contribution is 2.68. The summed E-state index contributed by atoms with van der Waals surface area (Å²) in [5.41, 5.74) is 4.86. The van der Waals surface area contributed by atoms with Gasteiger partial charge in [0.05, 0.1) is 23.6 Å². The van der Waals surface area contributed by atoms with Crippen molar-refractivity contribution in [1.29, 1.82) is 0 Å². The molecule has 1 amide bonds. The molecule has 1 aromatic heterocycles. The van der Waals surface area contributed by atoms with Gasteiger partial charge in [0.2, 0.25) is 5.91 Å². The number of benzene rings is 1. The molecule has 2 heterocycles. The standard InChI is InChI=1S/C23H29N3O2/c1-13-11-24-14(2)18(26-13)17-9-7-8-15-10-16(28-19(15)17)12-25-21(27)20-22(3,4)23(20,5)6/h7-9,11,16,20H,10,12H2,1-6H3,(H,25,27)/t16-/m1/s1. The molecule has 5 nitrogen and oxygen atoms in total. The van der Waals surface area contributed by atoms with Crippen LogP contribution in [0.5, 0.6) is 5.75 Å². The Morgan fingerprint density at radius 2 is 1.93 bits per heavy atom. The molecule has 1 N–H and O–H groups in total. The van der Waals surface area contributed by atoms with Gasteiger partial charge in [0.25, 0.3) is 0 Å². The molecule has 2 aromatic rings. The Labute approximate surface area is 166 Å². The highest BCUT2D eigenvalue weighted by Gasteiger charge is 2.68. The van der Waals surface area contributed by atoms with E-state index in [1.54, 1.807) is 6.20 Å². The quantitative estimate of drug-likeness (QED) is 0.876. The fourth-order valence-corrected chi connectivity index (χ4v) is 4.60. The largest absolute Gasteiger partial charge is 0.487 e. The summed E-state index contributed by atoms with van der Waals surface area (Å²) >= 11 is 0. The van der Waals surface area contributed by atoms with Crippen LogP contribution in [0.2, 0.25) is 0 Å². The highest BCUT2D eigenvalue weighted by molar-refractivity contribution is 5.84. The monoisotopic (exact) mass is 379 g/mol. The Balaban J connectivity index is 1.48. The van der Waals surface area contributed by atoms with E-state index < -0.39 is 0 Å². The lowest BCUT2D eigenvalue weighted by Gasteiger charge is -2.14. The van der Waals surface area contributed by atoms with Crippen molar-refractivity contribution < 1.29 is 9.53 Å². The van der Waals surface area contributed by atoms with Crippen molar-refractivity contribution in [2.24, 2.45) is 16.7 Å². The van der Waals surface area contributed by atoms with Gasteiger partial charge in [0.1, 0.15) is 11.9 Å². The minimum atomic E-state index is -0.0526. The Hall–Kier alpha value is -2.43. The van der Waals surface area contributed by atoms with Gasteiger partial charge in [0, 0.05) is 24.1 Å². The molecule has 0 bridgehead atoms. The molecule has 1 aromatic carbocycles. The normalized spacial score (nSPS) is 21.7. The van der Waals surface area contributed by atoms with Gasteiger partial charge in [-0.15, -0.1) is 0 Å². The average Bonchev–Trinajstić information content (AvgIpc) is 2.93. The number of hydrogen-bond acceptors (Lipinski definition) is 4. The van der Waals surface area contributed by atoms with Gasteiger partial charge in [-0.1, -0.05) is 39.8 Å². The Kier molecular flexibility index (Phi) is 4.25. The van der Waals surface area contributed by atoms with Crippen molar-refractivity contribution in [2.75, 3.05) is 6.54 Å². The summed E-state index contributed by atoms with van der Waals surface area (Å²) in [6.45, 7) is 13.1. The van der Waals surface area contributed by atoms with Gasteiger partial charge >= 0.3 is 0 Å². The third kappa shape index (κ3) is 2.88. The van der Waals surface area contributed by atoms with Gasteiger partial charge in [-0.05, 0) is 36.3 Å². The smallest absolute Gasteiger partial charge is 0.224 e. The summed E-state index contributed by atoms with van der Waals surface area (Å²) < 4.78 is 6.26. The zero-order valence-corrected chi connectivity index (χ0v) is 17.6. The lowest BCUT2D eigenvalue weighted by Crippen LogP contribution is -2.36. The maximum atomic E-state index is 12.7. The molecular weight excluding hydrogens is 350 g/mol. The van der Waals surface area contributed by atoms with Crippen molar-refractivity contribution in [3.63, 3.8) is 0 Å². The van der Waals surface area contributed by atoms with E-state index in [-0.39, 0.29) is 28.8 Å². The summed E-state index contributed by atoms with van der Waals surface area (Å²) in [5, 5.41) is 3.12. The lowest BCUT2D eigenvalue weighted by molar-refractivity contribution is -0.123. The molecule has 28 heavy (non-hydrogen) atoms. The number of carbonyl (C=O) groups is 1. The number of aryl methyl sites for hydroxylation is 2. The van der Waals surface area contributed by atoms with E-state index in [0.717, 1.165) is 40.4 Å². The van der Waals surface area contributed by atoms with Crippen LogP contribution in [-0.4, -0.2) is 28.5 Å². The number of para-hydroxylation sites is 1. The number of amides is 1. The topological polar surface area (TPSA) is 64.1 Å². The molecule has 1 fully saturated rings. The van der Waals surface area contributed by atoms with E-state index in [1.165, 1.54) is 0 Å². The Morgan fingerprint density at radius 3 is 2.61 bits per heavy atom. The van der Waals surface area contributed by atoms with E-state index in [9.17, 15) is 4.79 Å². The lowest BCUT2D eigenvalue weighted by atomic mass is 10.0. The van der Waals surface area contributed by atoms with Crippen LogP contribution in [-0.2, 0) is 11.2 Å². The van der Waals surface area contributed by atoms with Crippen LogP contribution < -0.4 is 10.1 Å². The van der Waals surface area contributed by atoms with Gasteiger partial charge < -0.3 is 10.1 Å². The van der Waals surface area contributed by atoms with Crippen molar-refractivity contribution in [1.82, 2.24) is 15.3 Å². The first-order chi connectivity index (χ1) is 13.1. The Morgan fingerprint density at radius 1 is 1.21 bits per heavy atom. The maximum absolute atomic E-state index is 12.7. The zero-order chi connectivity index (χ0) is 20.3. The summed E-state index contributed by atoms with van der Waals surface area (Å²) in [7, 11) is 0. The second-order valence-corrected chi connectivity index (χ2v) is 9.30. The predicted octanol–water partition coefficient (Wildman–Crippen LogP) is 3.86. The average molecular weight is 380 g/mol. The van der Waals surface area contributed by atoms with Gasteiger partial charge in [-0.2, -0.15) is 0 Å². The van der Waals surface area contributed by atoms with Crippen LogP contribution in [0.4, 0.5) is 0 Å². The summed E-state index contributed by atoms with van der Waals surface area (Å²) in [5.74, 6) is 1.07. The fraction of sp³-hybridized carbons (Fsp3) is 0.522. The van der Waals surface area contributed by atoms with Crippen molar-refractivity contribution in [3.8, 4) is 17.0 Å². The molecule has 1 atom stereocenters. The second-order valence-electron chi connectivity index (χ2n) is 9.30. The number of nitrogens with zero attached hydrogens (tertiary/aromatic N) is 2. The summed E-state index contributed by atoms with van der Waals surface area (Å²) in [6, 6.07) is 6.16. The van der Waals surface area contributed by atoms with Crippen LogP contribution in [0.1, 0.15) is 44.6 Å². The van der Waals surface area contributed by atoms with Gasteiger partial charge in [0.15, 0.2) is 0 Å². The number of carbonyl (C=O) groups excluding carboxylic acids is 1. The molecule has 0 saturated heterocycles. The van der Waals surface area contributed by atoms with E-state index >= 15 is 0 Å². The minimum Gasteiger partial charge on any atom is -0.487 e. The van der Waals surface area contributed by atoms with Crippen molar-refractivity contribution in [2.45, 2.75) is 54.1 Å². The third-order valence-electron chi connectivity index (χ3n) is 6.95. The van der Waals surface area contributed by atoms with Crippen LogP contribution in [0.15, 0.2) is 24.4 Å². The van der Waals surface area contributed by atoms with E-state index in [0.29, 0.717) is 6.54 Å². The molecule has 0 unspecified atom stereocenters. The number of hydrogen-bond donors (Lipinski definition) is 1. The molecule has 4 rings (SSSR count). The van der Waals surface area contributed by atoms with Crippen LogP contribution in [0.25, 0.3) is 11.3 Å². The second kappa shape index (κ2) is 6.29.